The van der Waals surface area contributed by atoms with Crippen LogP contribution in [0.15, 0.2) is 35.1 Å². The maximum absolute atomic E-state index is 12.3. The van der Waals surface area contributed by atoms with Crippen molar-refractivity contribution in [2.45, 2.75) is 51.3 Å². The van der Waals surface area contributed by atoms with Crippen molar-refractivity contribution in [1.29, 1.82) is 0 Å². The molecule has 1 aromatic heterocycles. The average Bonchev–Trinajstić information content (AvgIpc) is 2.55. The first-order valence-corrected chi connectivity index (χ1v) is 8.22. The molecule has 0 radical (unpaired) electrons. The number of nitrogens with zero attached hydrogens (tertiary/aromatic N) is 1. The molecule has 2 aromatic rings. The van der Waals surface area contributed by atoms with Crippen molar-refractivity contribution in [3.63, 3.8) is 0 Å². The highest BCUT2D eigenvalue weighted by molar-refractivity contribution is 5.78. The van der Waals surface area contributed by atoms with Gasteiger partial charge < -0.3 is 10.1 Å². The predicted octanol–water partition coefficient (Wildman–Crippen LogP) is 2.65. The van der Waals surface area contributed by atoms with Gasteiger partial charge in [-0.1, -0.05) is 31.5 Å². The van der Waals surface area contributed by atoms with Gasteiger partial charge in [0.1, 0.15) is 0 Å². The van der Waals surface area contributed by atoms with Gasteiger partial charge in [0, 0.05) is 23.7 Å². The number of aliphatic hydroxyl groups is 1. The Balaban J connectivity index is 1.87. The van der Waals surface area contributed by atoms with Gasteiger partial charge in [-0.25, -0.2) is 0 Å². The highest BCUT2D eigenvalue weighted by Gasteiger charge is 2.28. The lowest BCUT2D eigenvalue weighted by molar-refractivity contribution is 0.0193. The van der Waals surface area contributed by atoms with Crippen LogP contribution in [0.3, 0.4) is 0 Å². The summed E-state index contributed by atoms with van der Waals surface area (Å²) in [6.07, 6.45) is 3.76. The molecule has 1 fully saturated rings. The van der Waals surface area contributed by atoms with E-state index in [1.54, 1.807) is 0 Å². The largest absolute Gasteiger partial charge is 0.392 e. The zero-order valence-corrected chi connectivity index (χ0v) is 13.1. The summed E-state index contributed by atoms with van der Waals surface area (Å²) in [5.41, 5.74) is 1.64. The minimum absolute atomic E-state index is 0.0194. The Morgan fingerprint density at radius 2 is 2.18 bits per heavy atom. The van der Waals surface area contributed by atoms with Crippen LogP contribution in [0, 0.1) is 0 Å². The fraction of sp³-hybridized carbons (Fsp3) is 0.500. The highest BCUT2D eigenvalue weighted by Crippen LogP contribution is 2.23. The predicted molar refractivity (Wildman–Crippen MR) is 88.9 cm³/mol. The molecule has 1 aliphatic rings. The molecular weight excluding hydrogens is 276 g/mol. The van der Waals surface area contributed by atoms with E-state index in [1.165, 1.54) is 0 Å². The molecule has 2 N–H and O–H groups in total. The highest BCUT2D eigenvalue weighted by atomic mass is 16.3. The van der Waals surface area contributed by atoms with Gasteiger partial charge >= 0.3 is 0 Å². The van der Waals surface area contributed by atoms with Crippen LogP contribution in [-0.2, 0) is 6.54 Å². The number of H-pyrrole nitrogens is 1. The van der Waals surface area contributed by atoms with Gasteiger partial charge in [0.2, 0.25) is 0 Å². The third-order valence-corrected chi connectivity index (χ3v) is 4.73. The normalized spacial score (nSPS) is 21.1. The van der Waals surface area contributed by atoms with Crippen molar-refractivity contribution in [2.24, 2.45) is 0 Å². The minimum atomic E-state index is -0.306. The summed E-state index contributed by atoms with van der Waals surface area (Å²) in [6, 6.07) is 10.0. The first-order chi connectivity index (χ1) is 10.7. The molecule has 2 unspecified atom stereocenters. The summed E-state index contributed by atoms with van der Waals surface area (Å²) < 4.78 is 0. The number of aromatic amines is 1. The number of pyridine rings is 1. The molecule has 0 saturated carbocycles. The van der Waals surface area contributed by atoms with Crippen LogP contribution in [0.4, 0.5) is 0 Å². The summed E-state index contributed by atoms with van der Waals surface area (Å²) in [7, 11) is 0. The van der Waals surface area contributed by atoms with Crippen LogP contribution in [0.5, 0.6) is 0 Å². The Hall–Kier alpha value is -1.65. The van der Waals surface area contributed by atoms with E-state index in [2.05, 4.69) is 9.88 Å². The van der Waals surface area contributed by atoms with E-state index >= 15 is 0 Å². The van der Waals surface area contributed by atoms with Crippen LogP contribution >= 0.6 is 0 Å². The molecule has 3 rings (SSSR count). The van der Waals surface area contributed by atoms with Gasteiger partial charge in [-0.2, -0.15) is 0 Å². The zero-order chi connectivity index (χ0) is 15.5. The number of hydrogen-bond donors (Lipinski definition) is 2. The molecule has 0 bridgehead atoms. The van der Waals surface area contributed by atoms with Crippen LogP contribution in [0.25, 0.3) is 10.9 Å². The average molecular weight is 300 g/mol. The molecule has 1 aromatic carbocycles. The second-order valence-corrected chi connectivity index (χ2v) is 6.22. The number of aromatic nitrogens is 1. The van der Waals surface area contributed by atoms with E-state index in [1.807, 2.05) is 37.3 Å². The van der Waals surface area contributed by atoms with E-state index in [-0.39, 0.29) is 17.7 Å². The minimum Gasteiger partial charge on any atom is -0.392 e. The van der Waals surface area contributed by atoms with E-state index < -0.39 is 0 Å². The number of benzene rings is 1. The molecule has 4 nitrogen and oxygen atoms in total. The van der Waals surface area contributed by atoms with Crippen molar-refractivity contribution in [3.05, 3.63) is 46.2 Å². The van der Waals surface area contributed by atoms with E-state index in [0.717, 1.165) is 48.7 Å². The van der Waals surface area contributed by atoms with Crippen LogP contribution in [0.2, 0.25) is 0 Å². The molecule has 1 saturated heterocycles. The van der Waals surface area contributed by atoms with Gasteiger partial charge in [-0.05, 0) is 43.3 Å². The molecule has 0 amide bonds. The standard InChI is InChI=1S/C18H24N2O2/c1-2-17(21)16-9-5-6-10-20(16)12-14-11-13-7-3-4-8-15(13)19-18(14)22/h3-4,7-8,11,16-17,21H,2,5-6,9-10,12H2,1H3,(H,19,22). The van der Waals surface area contributed by atoms with Crippen molar-refractivity contribution >= 4 is 10.9 Å². The SMILES string of the molecule is CCC(O)C1CCCCN1Cc1cc2ccccc2[nH]c1=O. The summed E-state index contributed by atoms with van der Waals surface area (Å²) >= 11 is 0. The second kappa shape index (κ2) is 6.63. The molecule has 4 heteroatoms. The van der Waals surface area contributed by atoms with E-state index in [9.17, 15) is 9.90 Å². The lowest BCUT2D eigenvalue weighted by Gasteiger charge is -2.38. The molecule has 2 heterocycles. The lowest BCUT2D eigenvalue weighted by atomic mass is 9.95. The van der Waals surface area contributed by atoms with E-state index in [0.29, 0.717) is 6.54 Å². The number of para-hydroxylation sites is 1. The molecule has 0 aliphatic carbocycles. The fourth-order valence-electron chi connectivity index (χ4n) is 3.45. The molecule has 22 heavy (non-hydrogen) atoms. The molecular formula is C18H24N2O2. The summed E-state index contributed by atoms with van der Waals surface area (Å²) in [4.78, 5) is 17.5. The Labute approximate surface area is 130 Å². The summed E-state index contributed by atoms with van der Waals surface area (Å²) in [5, 5.41) is 11.3. The third kappa shape index (κ3) is 3.08. The topological polar surface area (TPSA) is 56.3 Å². The molecule has 0 spiro atoms. The first-order valence-electron chi connectivity index (χ1n) is 8.22. The zero-order valence-electron chi connectivity index (χ0n) is 13.1. The fourth-order valence-corrected chi connectivity index (χ4v) is 3.45. The number of hydrogen-bond acceptors (Lipinski definition) is 3. The van der Waals surface area contributed by atoms with Crippen molar-refractivity contribution in [1.82, 2.24) is 9.88 Å². The van der Waals surface area contributed by atoms with Crippen molar-refractivity contribution in [3.8, 4) is 0 Å². The number of piperidine rings is 1. The van der Waals surface area contributed by atoms with Gasteiger partial charge in [0.25, 0.3) is 5.56 Å². The maximum Gasteiger partial charge on any atom is 0.252 e. The smallest absolute Gasteiger partial charge is 0.252 e. The van der Waals surface area contributed by atoms with Gasteiger partial charge in [-0.15, -0.1) is 0 Å². The monoisotopic (exact) mass is 300 g/mol. The Bertz CT molecular complexity index is 695. The van der Waals surface area contributed by atoms with Crippen LogP contribution in [-0.4, -0.2) is 33.7 Å². The number of nitrogens with one attached hydrogen (secondary N) is 1. The Kier molecular flexibility index (Phi) is 4.60. The third-order valence-electron chi connectivity index (χ3n) is 4.73. The number of aliphatic hydroxyl groups excluding tert-OH is 1. The van der Waals surface area contributed by atoms with Crippen molar-refractivity contribution in [2.75, 3.05) is 6.54 Å². The van der Waals surface area contributed by atoms with Crippen molar-refractivity contribution < 1.29 is 5.11 Å². The number of fused-ring (bicyclic) bond motifs is 1. The molecule has 2 atom stereocenters. The number of rotatable bonds is 4. The quantitative estimate of drug-likeness (QED) is 0.912. The van der Waals surface area contributed by atoms with E-state index in [4.69, 9.17) is 0 Å². The Morgan fingerprint density at radius 1 is 1.36 bits per heavy atom. The number of likely N-dealkylation sites (tertiary alicyclic amines) is 1. The van der Waals surface area contributed by atoms with Crippen LogP contribution < -0.4 is 5.56 Å². The van der Waals surface area contributed by atoms with Gasteiger partial charge in [-0.3, -0.25) is 9.69 Å². The Morgan fingerprint density at radius 3 is 3.00 bits per heavy atom. The maximum atomic E-state index is 12.3. The second-order valence-electron chi connectivity index (χ2n) is 6.22. The molecule has 118 valence electrons. The van der Waals surface area contributed by atoms with Gasteiger partial charge in [0.05, 0.1) is 6.10 Å². The summed E-state index contributed by atoms with van der Waals surface area (Å²) in [5.74, 6) is 0. The lowest BCUT2D eigenvalue weighted by Crippen LogP contribution is -2.46. The summed E-state index contributed by atoms with van der Waals surface area (Å²) in [6.45, 7) is 3.58. The van der Waals surface area contributed by atoms with Crippen LogP contribution in [0.1, 0.15) is 38.2 Å². The first kappa shape index (κ1) is 15.3. The molecule has 1 aliphatic heterocycles. The van der Waals surface area contributed by atoms with Gasteiger partial charge in [0.15, 0.2) is 0 Å².